The fourth-order valence-electron chi connectivity index (χ4n) is 2.92. The van der Waals surface area contributed by atoms with Gasteiger partial charge in [-0.25, -0.2) is 0 Å². The lowest BCUT2D eigenvalue weighted by Crippen LogP contribution is -2.46. The van der Waals surface area contributed by atoms with Crippen molar-refractivity contribution in [3.05, 3.63) is 24.3 Å². The maximum Gasteiger partial charge on any atom is 0.0605 e. The molecule has 0 aliphatic carbocycles. The van der Waals surface area contributed by atoms with Gasteiger partial charge < -0.3 is 15.1 Å². The van der Waals surface area contributed by atoms with Crippen LogP contribution in [0.5, 0.6) is 0 Å². The first-order valence-corrected chi connectivity index (χ1v) is 7.54. The Balaban J connectivity index is 2.10. The Morgan fingerprint density at radius 1 is 1.16 bits per heavy atom. The Labute approximate surface area is 117 Å². The summed E-state index contributed by atoms with van der Waals surface area (Å²) in [5.74, 6) is 0. The molecule has 1 aromatic rings. The number of hydrogen-bond donors (Lipinski definition) is 1. The van der Waals surface area contributed by atoms with Gasteiger partial charge in [-0.2, -0.15) is 0 Å². The molecule has 19 heavy (non-hydrogen) atoms. The summed E-state index contributed by atoms with van der Waals surface area (Å²) in [6.45, 7) is 8.87. The van der Waals surface area contributed by atoms with Crippen molar-refractivity contribution >= 4 is 11.4 Å². The minimum Gasteiger partial charge on any atom is -0.371 e. The number of benzene rings is 1. The van der Waals surface area contributed by atoms with Gasteiger partial charge in [-0.15, -0.1) is 0 Å². The molecule has 0 fully saturated rings. The van der Waals surface area contributed by atoms with Crippen LogP contribution in [0, 0.1) is 0 Å². The summed E-state index contributed by atoms with van der Waals surface area (Å²) in [6, 6.07) is 9.36. The maximum absolute atomic E-state index is 3.62. The number of nitrogens with zero attached hydrogens (tertiary/aromatic N) is 2. The van der Waals surface area contributed by atoms with Crippen LogP contribution in [-0.4, -0.2) is 39.3 Å². The molecule has 1 unspecified atom stereocenters. The van der Waals surface area contributed by atoms with E-state index in [0.29, 0.717) is 6.04 Å². The first-order chi connectivity index (χ1) is 9.26. The Bertz CT molecular complexity index is 385. The largest absolute Gasteiger partial charge is 0.371 e. The Hall–Kier alpha value is -1.22. The standard InChI is InChI=1S/C16H27N3/c1-4-8-14(17-5-2)13-19-12-11-18(3)15-9-6-7-10-16(15)19/h6-7,9-10,14,17H,4-5,8,11-13H2,1-3H3. The van der Waals surface area contributed by atoms with Gasteiger partial charge in [0, 0.05) is 32.7 Å². The monoisotopic (exact) mass is 261 g/mol. The van der Waals surface area contributed by atoms with Crippen molar-refractivity contribution in [2.24, 2.45) is 0 Å². The fraction of sp³-hybridized carbons (Fsp3) is 0.625. The Morgan fingerprint density at radius 2 is 1.89 bits per heavy atom. The molecule has 1 heterocycles. The van der Waals surface area contributed by atoms with Gasteiger partial charge >= 0.3 is 0 Å². The zero-order valence-corrected chi connectivity index (χ0v) is 12.5. The van der Waals surface area contributed by atoms with E-state index in [0.717, 1.165) is 26.2 Å². The van der Waals surface area contributed by atoms with Gasteiger partial charge in [0.1, 0.15) is 0 Å². The van der Waals surface area contributed by atoms with Crippen molar-refractivity contribution < 1.29 is 0 Å². The van der Waals surface area contributed by atoms with Gasteiger partial charge in [-0.1, -0.05) is 32.4 Å². The third-order valence-corrected chi connectivity index (χ3v) is 3.91. The minimum atomic E-state index is 0.603. The summed E-state index contributed by atoms with van der Waals surface area (Å²) >= 11 is 0. The molecular formula is C16H27N3. The summed E-state index contributed by atoms with van der Waals surface area (Å²) in [6.07, 6.45) is 2.50. The highest BCUT2D eigenvalue weighted by Gasteiger charge is 2.21. The zero-order chi connectivity index (χ0) is 13.7. The van der Waals surface area contributed by atoms with Crippen LogP contribution in [0.1, 0.15) is 26.7 Å². The Kier molecular flexibility index (Phi) is 5.08. The first kappa shape index (κ1) is 14.2. The molecule has 0 bridgehead atoms. The highest BCUT2D eigenvalue weighted by atomic mass is 15.3. The maximum atomic E-state index is 3.62. The Morgan fingerprint density at radius 3 is 2.58 bits per heavy atom. The second kappa shape index (κ2) is 6.80. The van der Waals surface area contributed by atoms with Crippen LogP contribution in [0.3, 0.4) is 0 Å². The third-order valence-electron chi connectivity index (χ3n) is 3.91. The van der Waals surface area contributed by atoms with E-state index in [1.165, 1.54) is 24.2 Å². The predicted molar refractivity (Wildman–Crippen MR) is 84.3 cm³/mol. The van der Waals surface area contributed by atoms with Gasteiger partial charge in [-0.05, 0) is 25.1 Å². The molecule has 0 aromatic heterocycles. The van der Waals surface area contributed by atoms with Crippen LogP contribution in [0.2, 0.25) is 0 Å². The van der Waals surface area contributed by atoms with E-state index >= 15 is 0 Å². The van der Waals surface area contributed by atoms with Crippen molar-refractivity contribution in [3.63, 3.8) is 0 Å². The molecule has 106 valence electrons. The molecule has 1 aliphatic rings. The van der Waals surface area contributed by atoms with Crippen LogP contribution in [0.25, 0.3) is 0 Å². The van der Waals surface area contributed by atoms with Crippen molar-refractivity contribution in [2.75, 3.05) is 43.0 Å². The average Bonchev–Trinajstić information content (AvgIpc) is 2.43. The van der Waals surface area contributed by atoms with Gasteiger partial charge in [0.05, 0.1) is 11.4 Å². The summed E-state index contributed by atoms with van der Waals surface area (Å²) in [4.78, 5) is 4.90. The highest BCUT2D eigenvalue weighted by molar-refractivity contribution is 5.73. The normalized spacial score (nSPS) is 16.4. The van der Waals surface area contributed by atoms with E-state index in [1.807, 2.05) is 0 Å². The summed E-state index contributed by atoms with van der Waals surface area (Å²) < 4.78 is 0. The summed E-state index contributed by atoms with van der Waals surface area (Å²) in [7, 11) is 2.18. The molecule has 1 aliphatic heterocycles. The molecule has 0 amide bonds. The molecule has 0 saturated heterocycles. The second-order valence-corrected chi connectivity index (χ2v) is 5.40. The van der Waals surface area contributed by atoms with Crippen molar-refractivity contribution in [3.8, 4) is 0 Å². The number of para-hydroxylation sites is 2. The lowest BCUT2D eigenvalue weighted by Gasteiger charge is -2.38. The van der Waals surface area contributed by atoms with E-state index in [-0.39, 0.29) is 0 Å². The van der Waals surface area contributed by atoms with Crippen molar-refractivity contribution in [1.82, 2.24) is 5.32 Å². The zero-order valence-electron chi connectivity index (χ0n) is 12.5. The first-order valence-electron chi connectivity index (χ1n) is 7.54. The molecule has 0 saturated carbocycles. The van der Waals surface area contributed by atoms with E-state index < -0.39 is 0 Å². The predicted octanol–water partition coefficient (Wildman–Crippen LogP) is 2.72. The lowest BCUT2D eigenvalue weighted by atomic mass is 10.1. The topological polar surface area (TPSA) is 18.5 Å². The molecular weight excluding hydrogens is 234 g/mol. The molecule has 0 spiro atoms. The number of likely N-dealkylation sites (N-methyl/N-ethyl adjacent to an activating group) is 2. The number of hydrogen-bond acceptors (Lipinski definition) is 3. The van der Waals surface area contributed by atoms with Gasteiger partial charge in [0.15, 0.2) is 0 Å². The third kappa shape index (κ3) is 3.41. The number of anilines is 2. The molecule has 3 nitrogen and oxygen atoms in total. The average molecular weight is 261 g/mol. The fourth-order valence-corrected chi connectivity index (χ4v) is 2.92. The second-order valence-electron chi connectivity index (χ2n) is 5.40. The molecule has 2 rings (SSSR count). The molecule has 1 N–H and O–H groups in total. The van der Waals surface area contributed by atoms with Crippen LogP contribution in [-0.2, 0) is 0 Å². The van der Waals surface area contributed by atoms with Crippen molar-refractivity contribution in [1.29, 1.82) is 0 Å². The quantitative estimate of drug-likeness (QED) is 0.849. The number of nitrogens with one attached hydrogen (secondary N) is 1. The van der Waals surface area contributed by atoms with E-state index in [9.17, 15) is 0 Å². The SMILES string of the molecule is CCCC(CN1CCN(C)c2ccccc21)NCC. The van der Waals surface area contributed by atoms with Crippen LogP contribution < -0.4 is 15.1 Å². The lowest BCUT2D eigenvalue weighted by molar-refractivity contribution is 0.478. The molecule has 1 atom stereocenters. The highest BCUT2D eigenvalue weighted by Crippen LogP contribution is 2.31. The van der Waals surface area contributed by atoms with Gasteiger partial charge in [-0.3, -0.25) is 0 Å². The molecule has 0 radical (unpaired) electrons. The smallest absolute Gasteiger partial charge is 0.0605 e. The molecule has 1 aromatic carbocycles. The van der Waals surface area contributed by atoms with E-state index in [4.69, 9.17) is 0 Å². The van der Waals surface area contributed by atoms with E-state index in [1.54, 1.807) is 0 Å². The minimum absolute atomic E-state index is 0.603. The summed E-state index contributed by atoms with van der Waals surface area (Å²) in [5, 5.41) is 3.62. The molecule has 3 heteroatoms. The van der Waals surface area contributed by atoms with Gasteiger partial charge in [0.25, 0.3) is 0 Å². The number of rotatable bonds is 6. The van der Waals surface area contributed by atoms with Crippen LogP contribution >= 0.6 is 0 Å². The van der Waals surface area contributed by atoms with Gasteiger partial charge in [0.2, 0.25) is 0 Å². The van der Waals surface area contributed by atoms with Crippen molar-refractivity contribution in [2.45, 2.75) is 32.7 Å². The van der Waals surface area contributed by atoms with Crippen LogP contribution in [0.15, 0.2) is 24.3 Å². The van der Waals surface area contributed by atoms with E-state index in [2.05, 4.69) is 60.3 Å². The van der Waals surface area contributed by atoms with Crippen LogP contribution in [0.4, 0.5) is 11.4 Å². The number of fused-ring (bicyclic) bond motifs is 1. The summed E-state index contributed by atoms with van der Waals surface area (Å²) in [5.41, 5.74) is 2.75.